The third kappa shape index (κ3) is 7.19. The van der Waals surface area contributed by atoms with Crippen molar-refractivity contribution in [1.82, 2.24) is 10.2 Å². The van der Waals surface area contributed by atoms with Crippen LogP contribution in [-0.2, 0) is 15.8 Å². The summed E-state index contributed by atoms with van der Waals surface area (Å²) in [5, 5.41) is 2.79. The minimum Gasteiger partial charge on any atom is -0.354 e. The van der Waals surface area contributed by atoms with Crippen LogP contribution in [0.5, 0.6) is 0 Å². The minimum atomic E-state index is -4.45. The summed E-state index contributed by atoms with van der Waals surface area (Å²) in [7, 11) is 0. The normalized spacial score (nSPS) is 18.0. The first-order chi connectivity index (χ1) is 13.2. The average Bonchev–Trinajstić information content (AvgIpc) is 2.66. The first kappa shape index (κ1) is 25.2. The maximum Gasteiger partial charge on any atom is 0.416 e. The zero-order valence-corrected chi connectivity index (χ0v) is 17.3. The molecule has 0 aliphatic carbocycles. The van der Waals surface area contributed by atoms with Crippen LogP contribution in [0.1, 0.15) is 56.1 Å². The number of likely N-dealkylation sites (tertiary alicyclic amines) is 1. The molecule has 1 aliphatic rings. The van der Waals surface area contributed by atoms with Crippen molar-refractivity contribution in [2.24, 2.45) is 5.73 Å². The molecule has 2 atom stereocenters. The Morgan fingerprint density at radius 1 is 1.28 bits per heavy atom. The second-order valence-electron chi connectivity index (χ2n) is 7.27. The molecule has 1 aromatic rings. The smallest absolute Gasteiger partial charge is 0.354 e. The molecular formula is C20H29ClF3N3O2. The van der Waals surface area contributed by atoms with Crippen LogP contribution in [0.25, 0.3) is 0 Å². The molecule has 2 unspecified atom stereocenters. The van der Waals surface area contributed by atoms with Crippen LogP contribution in [0.2, 0.25) is 0 Å². The maximum absolute atomic E-state index is 13.3. The average molecular weight is 436 g/mol. The fraction of sp³-hybridized carbons (Fsp3) is 0.600. The van der Waals surface area contributed by atoms with E-state index in [9.17, 15) is 22.8 Å². The Bertz CT molecular complexity index is 685. The number of carbonyl (C=O) groups excluding carboxylic acids is 2. The Morgan fingerprint density at radius 2 is 1.97 bits per heavy atom. The number of carbonyl (C=O) groups is 2. The highest BCUT2D eigenvalue weighted by molar-refractivity contribution is 5.85. The van der Waals surface area contributed by atoms with Gasteiger partial charge in [-0.25, -0.2) is 0 Å². The van der Waals surface area contributed by atoms with Crippen molar-refractivity contribution < 1.29 is 22.8 Å². The summed E-state index contributed by atoms with van der Waals surface area (Å²) in [6.07, 6.45) is -1.65. The summed E-state index contributed by atoms with van der Waals surface area (Å²) in [6, 6.07) is 5.26. The Labute approximate surface area is 175 Å². The second-order valence-corrected chi connectivity index (χ2v) is 7.27. The van der Waals surface area contributed by atoms with Gasteiger partial charge in [-0.1, -0.05) is 25.1 Å². The van der Waals surface area contributed by atoms with Gasteiger partial charge in [-0.15, -0.1) is 12.4 Å². The Hall–Kier alpha value is -1.80. The number of hydrogen-bond acceptors (Lipinski definition) is 3. The third-order valence-electron chi connectivity index (χ3n) is 5.13. The molecule has 2 amide bonds. The molecule has 0 bridgehead atoms. The van der Waals surface area contributed by atoms with Gasteiger partial charge in [0.05, 0.1) is 5.56 Å². The first-order valence-corrected chi connectivity index (χ1v) is 9.66. The predicted octanol–water partition coefficient (Wildman–Crippen LogP) is 3.47. The van der Waals surface area contributed by atoms with Gasteiger partial charge in [0, 0.05) is 38.5 Å². The van der Waals surface area contributed by atoms with E-state index >= 15 is 0 Å². The molecule has 1 saturated heterocycles. The van der Waals surface area contributed by atoms with Gasteiger partial charge in [-0.3, -0.25) is 9.59 Å². The van der Waals surface area contributed by atoms with Crippen LogP contribution in [0.3, 0.4) is 0 Å². The number of rotatable bonds is 7. The van der Waals surface area contributed by atoms with E-state index in [1.54, 1.807) is 17.9 Å². The highest BCUT2D eigenvalue weighted by Gasteiger charge is 2.35. The Kier molecular flexibility index (Phi) is 9.92. The van der Waals surface area contributed by atoms with Crippen molar-refractivity contribution in [3.63, 3.8) is 0 Å². The lowest BCUT2D eigenvalue weighted by atomic mass is 9.91. The molecule has 0 radical (unpaired) electrons. The van der Waals surface area contributed by atoms with E-state index in [0.29, 0.717) is 13.1 Å². The number of halogens is 4. The van der Waals surface area contributed by atoms with Crippen LogP contribution in [0.15, 0.2) is 24.3 Å². The van der Waals surface area contributed by atoms with E-state index in [1.807, 2.05) is 0 Å². The van der Waals surface area contributed by atoms with E-state index in [2.05, 4.69) is 5.32 Å². The van der Waals surface area contributed by atoms with E-state index in [-0.39, 0.29) is 55.2 Å². The Morgan fingerprint density at radius 3 is 2.62 bits per heavy atom. The Balaban J connectivity index is 0.00000420. The number of nitrogens with two attached hydrogens (primary N) is 1. The van der Waals surface area contributed by atoms with Gasteiger partial charge in [0.15, 0.2) is 0 Å². The van der Waals surface area contributed by atoms with Crippen molar-refractivity contribution in [2.45, 2.75) is 57.2 Å². The number of amides is 2. The molecule has 29 heavy (non-hydrogen) atoms. The largest absolute Gasteiger partial charge is 0.416 e. The van der Waals surface area contributed by atoms with Crippen molar-refractivity contribution >= 4 is 24.2 Å². The van der Waals surface area contributed by atoms with Crippen LogP contribution in [-0.4, -0.2) is 42.4 Å². The number of nitrogens with zero attached hydrogens (tertiary/aromatic N) is 1. The number of piperidine rings is 1. The molecule has 164 valence electrons. The van der Waals surface area contributed by atoms with Gasteiger partial charge in [0.2, 0.25) is 11.8 Å². The lowest BCUT2D eigenvalue weighted by Crippen LogP contribution is -2.49. The first-order valence-electron chi connectivity index (χ1n) is 9.66. The number of nitrogens with one attached hydrogen (secondary N) is 1. The molecule has 2 rings (SSSR count). The zero-order chi connectivity index (χ0) is 20.7. The van der Waals surface area contributed by atoms with Crippen LogP contribution in [0.4, 0.5) is 13.2 Å². The van der Waals surface area contributed by atoms with Gasteiger partial charge < -0.3 is 16.0 Å². The molecular weight excluding hydrogens is 407 g/mol. The lowest BCUT2D eigenvalue weighted by Gasteiger charge is -2.36. The molecule has 9 heteroatoms. The summed E-state index contributed by atoms with van der Waals surface area (Å²) in [5.41, 5.74) is 4.80. The zero-order valence-electron chi connectivity index (χ0n) is 16.5. The lowest BCUT2D eigenvalue weighted by molar-refractivity contribution is -0.139. The summed E-state index contributed by atoms with van der Waals surface area (Å²) >= 11 is 0. The quantitative estimate of drug-likeness (QED) is 0.688. The molecule has 1 aliphatic heterocycles. The van der Waals surface area contributed by atoms with Gasteiger partial charge >= 0.3 is 6.18 Å². The summed E-state index contributed by atoms with van der Waals surface area (Å²) in [4.78, 5) is 26.2. The summed E-state index contributed by atoms with van der Waals surface area (Å²) < 4.78 is 39.8. The minimum absolute atomic E-state index is 0. The van der Waals surface area contributed by atoms with Gasteiger partial charge in [-0.05, 0) is 36.8 Å². The van der Waals surface area contributed by atoms with Crippen molar-refractivity contribution in [3.05, 3.63) is 35.4 Å². The van der Waals surface area contributed by atoms with Crippen molar-refractivity contribution in [2.75, 3.05) is 19.6 Å². The van der Waals surface area contributed by atoms with Crippen LogP contribution < -0.4 is 11.1 Å². The molecule has 0 aromatic heterocycles. The van der Waals surface area contributed by atoms with E-state index in [4.69, 9.17) is 5.73 Å². The van der Waals surface area contributed by atoms with E-state index in [0.717, 1.165) is 25.3 Å². The summed E-state index contributed by atoms with van der Waals surface area (Å²) in [6.45, 7) is 2.81. The molecule has 1 heterocycles. The molecule has 1 aromatic carbocycles. The predicted molar refractivity (Wildman–Crippen MR) is 108 cm³/mol. The highest BCUT2D eigenvalue weighted by Crippen LogP contribution is 2.36. The second kappa shape index (κ2) is 11.4. The SMILES string of the molecule is CC(CC(=O)N1CCCCC1CNC(=O)CCN)c1ccccc1C(F)(F)F.Cl. The highest BCUT2D eigenvalue weighted by atomic mass is 35.5. The topological polar surface area (TPSA) is 75.4 Å². The standard InChI is InChI=1S/C20H28F3N3O2.ClH/c1-14(16-7-2-3-8-17(16)20(21,22)23)12-19(28)26-11-5-4-6-15(26)13-25-18(27)9-10-24;/h2-3,7-8,14-15H,4-6,9-13,24H2,1H3,(H,25,27);1H. The monoisotopic (exact) mass is 435 g/mol. The molecule has 0 saturated carbocycles. The van der Waals surface area contributed by atoms with Gasteiger partial charge in [-0.2, -0.15) is 13.2 Å². The maximum atomic E-state index is 13.3. The van der Waals surface area contributed by atoms with E-state index in [1.165, 1.54) is 12.1 Å². The van der Waals surface area contributed by atoms with Crippen LogP contribution >= 0.6 is 12.4 Å². The molecule has 5 nitrogen and oxygen atoms in total. The van der Waals surface area contributed by atoms with Gasteiger partial charge in [0.25, 0.3) is 0 Å². The number of benzene rings is 1. The van der Waals surface area contributed by atoms with E-state index < -0.39 is 17.7 Å². The summed E-state index contributed by atoms with van der Waals surface area (Å²) in [5.74, 6) is -0.894. The number of hydrogen-bond donors (Lipinski definition) is 2. The molecule has 0 spiro atoms. The number of alkyl halides is 3. The van der Waals surface area contributed by atoms with Crippen molar-refractivity contribution in [1.29, 1.82) is 0 Å². The molecule has 1 fully saturated rings. The third-order valence-corrected chi connectivity index (χ3v) is 5.13. The van der Waals surface area contributed by atoms with Crippen LogP contribution in [0, 0.1) is 0 Å². The van der Waals surface area contributed by atoms with Crippen molar-refractivity contribution in [3.8, 4) is 0 Å². The fourth-order valence-electron chi connectivity index (χ4n) is 3.67. The molecule has 3 N–H and O–H groups in total. The van der Waals surface area contributed by atoms with Gasteiger partial charge in [0.1, 0.15) is 0 Å². The fourth-order valence-corrected chi connectivity index (χ4v) is 3.67.